The second-order valence-corrected chi connectivity index (χ2v) is 3.29. The smallest absolute Gasteiger partial charge is 0.275 e. The molecule has 2 rings (SSSR count). The number of H-pyrrole nitrogens is 1. The topological polar surface area (TPSA) is 93.2 Å². The number of rotatable bonds is 3. The summed E-state index contributed by atoms with van der Waals surface area (Å²) in [5.74, 6) is -0.393. The van der Waals surface area contributed by atoms with Gasteiger partial charge in [-0.1, -0.05) is 12.2 Å². The number of amides is 1. The van der Waals surface area contributed by atoms with Crippen LogP contribution in [-0.2, 0) is 4.79 Å². The van der Waals surface area contributed by atoms with Gasteiger partial charge in [-0.2, -0.15) is 5.10 Å². The molecule has 1 amide bonds. The summed E-state index contributed by atoms with van der Waals surface area (Å²) in [5, 5.41) is 3.94. The zero-order valence-corrected chi connectivity index (χ0v) is 8.38. The number of carbonyl (C=O) groups is 1. The lowest BCUT2D eigenvalue weighted by atomic mass is 10.2. The number of aromatic amines is 1. The molecule has 0 aromatic carbocycles. The van der Waals surface area contributed by atoms with Gasteiger partial charge in [0.25, 0.3) is 5.56 Å². The average molecular weight is 218 g/mol. The summed E-state index contributed by atoms with van der Waals surface area (Å²) in [5.41, 5.74) is 6.05. The van der Waals surface area contributed by atoms with Crippen molar-refractivity contribution in [2.24, 2.45) is 5.73 Å². The third-order valence-corrected chi connectivity index (χ3v) is 2.06. The van der Waals surface area contributed by atoms with E-state index in [4.69, 9.17) is 5.73 Å². The first-order chi connectivity index (χ1) is 7.66. The monoisotopic (exact) mass is 218 g/mol. The number of carbonyl (C=O) groups excluding carboxylic acids is 1. The number of fused-ring (bicyclic) bond motifs is 1. The van der Waals surface area contributed by atoms with Gasteiger partial charge >= 0.3 is 0 Å². The van der Waals surface area contributed by atoms with E-state index in [1.165, 1.54) is 10.8 Å². The van der Waals surface area contributed by atoms with Gasteiger partial charge in [-0.15, -0.1) is 0 Å². The number of primary amides is 1. The summed E-state index contributed by atoms with van der Waals surface area (Å²) in [6, 6.07) is 1.68. The van der Waals surface area contributed by atoms with E-state index in [2.05, 4.69) is 10.1 Å². The zero-order valence-electron chi connectivity index (χ0n) is 8.38. The molecule has 0 saturated carbocycles. The largest absolute Gasteiger partial charge is 0.369 e. The number of nitrogens with zero attached hydrogens (tertiary/aromatic N) is 2. The predicted molar refractivity (Wildman–Crippen MR) is 58.7 cm³/mol. The fraction of sp³-hybridized carbons (Fsp3) is 0.100. The van der Waals surface area contributed by atoms with Gasteiger partial charge in [-0.25, -0.2) is 4.52 Å². The summed E-state index contributed by atoms with van der Waals surface area (Å²) in [7, 11) is 0. The Morgan fingerprint density at radius 1 is 1.62 bits per heavy atom. The van der Waals surface area contributed by atoms with Crippen LogP contribution in [0.4, 0.5) is 0 Å². The Hall–Kier alpha value is -2.37. The molecular weight excluding hydrogens is 208 g/mol. The molecule has 3 N–H and O–H groups in total. The van der Waals surface area contributed by atoms with Crippen LogP contribution in [-0.4, -0.2) is 20.5 Å². The molecule has 6 nitrogen and oxygen atoms in total. The SMILES string of the molecule is NC(=O)CC=Cc1cc2c(=O)[nH]cnn2c1. The van der Waals surface area contributed by atoms with E-state index < -0.39 is 5.91 Å². The highest BCUT2D eigenvalue weighted by atomic mass is 16.1. The first-order valence-electron chi connectivity index (χ1n) is 4.68. The van der Waals surface area contributed by atoms with Crippen LogP contribution in [0.1, 0.15) is 12.0 Å². The highest BCUT2D eigenvalue weighted by Gasteiger charge is 2.00. The summed E-state index contributed by atoms with van der Waals surface area (Å²) in [4.78, 5) is 24.3. The molecule has 0 spiro atoms. The maximum absolute atomic E-state index is 11.4. The van der Waals surface area contributed by atoms with Crippen LogP contribution in [0.15, 0.2) is 29.5 Å². The quantitative estimate of drug-likeness (QED) is 0.754. The van der Waals surface area contributed by atoms with Gasteiger partial charge in [-0.3, -0.25) is 9.59 Å². The molecule has 0 radical (unpaired) electrons. The molecule has 0 aliphatic heterocycles. The first-order valence-corrected chi connectivity index (χ1v) is 4.68. The van der Waals surface area contributed by atoms with Gasteiger partial charge in [0.2, 0.25) is 5.91 Å². The molecule has 82 valence electrons. The van der Waals surface area contributed by atoms with Crippen molar-refractivity contribution in [3.05, 3.63) is 40.6 Å². The van der Waals surface area contributed by atoms with E-state index in [-0.39, 0.29) is 12.0 Å². The van der Waals surface area contributed by atoms with Crippen LogP contribution in [0.5, 0.6) is 0 Å². The lowest BCUT2D eigenvalue weighted by molar-refractivity contribution is -0.117. The van der Waals surface area contributed by atoms with Gasteiger partial charge in [-0.05, 0) is 11.6 Å². The third-order valence-electron chi connectivity index (χ3n) is 2.06. The Bertz CT molecular complexity index is 609. The van der Waals surface area contributed by atoms with Crippen molar-refractivity contribution in [3.8, 4) is 0 Å². The van der Waals surface area contributed by atoms with E-state index in [0.29, 0.717) is 5.52 Å². The van der Waals surface area contributed by atoms with Crippen molar-refractivity contribution in [2.45, 2.75) is 6.42 Å². The van der Waals surface area contributed by atoms with Crippen LogP contribution < -0.4 is 11.3 Å². The van der Waals surface area contributed by atoms with Crippen molar-refractivity contribution in [1.29, 1.82) is 0 Å². The van der Waals surface area contributed by atoms with Gasteiger partial charge in [0.15, 0.2) is 0 Å². The highest BCUT2D eigenvalue weighted by Crippen LogP contribution is 2.06. The molecule has 2 heterocycles. The maximum atomic E-state index is 11.4. The Kier molecular flexibility index (Phi) is 2.55. The lowest BCUT2D eigenvalue weighted by Gasteiger charge is -1.87. The molecule has 0 bridgehead atoms. The normalized spacial score (nSPS) is 11.2. The van der Waals surface area contributed by atoms with E-state index >= 15 is 0 Å². The second-order valence-electron chi connectivity index (χ2n) is 3.29. The molecule has 16 heavy (non-hydrogen) atoms. The second kappa shape index (κ2) is 4.01. The number of hydrogen-bond donors (Lipinski definition) is 2. The van der Waals surface area contributed by atoms with E-state index in [1.807, 2.05) is 0 Å². The number of aromatic nitrogens is 3. The van der Waals surface area contributed by atoms with Crippen molar-refractivity contribution < 1.29 is 4.79 Å². The molecule has 0 aliphatic carbocycles. The van der Waals surface area contributed by atoms with E-state index in [9.17, 15) is 9.59 Å². The van der Waals surface area contributed by atoms with Crippen LogP contribution in [0, 0.1) is 0 Å². The van der Waals surface area contributed by atoms with E-state index in [0.717, 1.165) is 5.56 Å². The Balaban J connectivity index is 2.33. The van der Waals surface area contributed by atoms with E-state index in [1.54, 1.807) is 24.4 Å². The minimum atomic E-state index is -0.393. The Morgan fingerprint density at radius 3 is 3.12 bits per heavy atom. The molecule has 0 aliphatic rings. The van der Waals surface area contributed by atoms with Gasteiger partial charge in [0.05, 0.1) is 0 Å². The highest BCUT2D eigenvalue weighted by molar-refractivity contribution is 5.76. The van der Waals surface area contributed by atoms with Crippen molar-refractivity contribution >= 4 is 17.5 Å². The third kappa shape index (κ3) is 2.00. The van der Waals surface area contributed by atoms with Crippen LogP contribution >= 0.6 is 0 Å². The maximum Gasteiger partial charge on any atom is 0.275 e. The minimum Gasteiger partial charge on any atom is -0.369 e. The summed E-state index contributed by atoms with van der Waals surface area (Å²) in [6.45, 7) is 0. The number of nitrogens with two attached hydrogens (primary N) is 1. The average Bonchev–Trinajstić information content (AvgIpc) is 2.61. The summed E-state index contributed by atoms with van der Waals surface area (Å²) >= 11 is 0. The van der Waals surface area contributed by atoms with Crippen LogP contribution in [0.2, 0.25) is 0 Å². The molecule has 6 heteroatoms. The van der Waals surface area contributed by atoms with Gasteiger partial charge < -0.3 is 10.7 Å². The fourth-order valence-electron chi connectivity index (χ4n) is 1.36. The Labute approximate surface area is 90.4 Å². The van der Waals surface area contributed by atoms with Gasteiger partial charge in [0.1, 0.15) is 11.8 Å². The molecular formula is C10H10N4O2. The zero-order chi connectivity index (χ0) is 11.5. The molecule has 0 saturated heterocycles. The van der Waals surface area contributed by atoms with Crippen LogP contribution in [0.3, 0.4) is 0 Å². The van der Waals surface area contributed by atoms with Crippen molar-refractivity contribution in [3.63, 3.8) is 0 Å². The first kappa shape index (κ1) is 10.2. The molecule has 2 aromatic heterocycles. The van der Waals surface area contributed by atoms with Crippen LogP contribution in [0.25, 0.3) is 11.6 Å². The minimum absolute atomic E-state index is 0.177. The summed E-state index contributed by atoms with van der Waals surface area (Å²) < 4.78 is 1.47. The number of nitrogens with one attached hydrogen (secondary N) is 1. The van der Waals surface area contributed by atoms with Gasteiger partial charge in [0, 0.05) is 12.6 Å². The molecule has 0 unspecified atom stereocenters. The summed E-state index contributed by atoms with van der Waals surface area (Å²) in [6.07, 6.45) is 6.56. The Morgan fingerprint density at radius 2 is 2.44 bits per heavy atom. The predicted octanol–water partition coefficient (Wildman–Crippen LogP) is -0.0888. The molecule has 2 aromatic rings. The van der Waals surface area contributed by atoms with Crippen molar-refractivity contribution in [2.75, 3.05) is 0 Å². The fourth-order valence-corrected chi connectivity index (χ4v) is 1.36. The molecule has 0 fully saturated rings. The molecule has 0 atom stereocenters. The lowest BCUT2D eigenvalue weighted by Crippen LogP contribution is -2.09. The van der Waals surface area contributed by atoms with Crippen molar-refractivity contribution in [1.82, 2.24) is 14.6 Å². The number of hydrogen-bond acceptors (Lipinski definition) is 3. The standard InChI is InChI=1S/C10H10N4O2/c11-9(15)3-1-2-7-4-8-10(16)12-6-13-14(8)5-7/h1-2,4-6H,3H2,(H2,11,15)(H,12,13,16).